The van der Waals surface area contributed by atoms with Crippen LogP contribution in [0.25, 0.3) is 0 Å². The van der Waals surface area contributed by atoms with Gasteiger partial charge in [0.25, 0.3) is 0 Å². The highest BCUT2D eigenvalue weighted by Crippen LogP contribution is 2.51. The van der Waals surface area contributed by atoms with Crippen molar-refractivity contribution in [3.05, 3.63) is 34.9 Å². The van der Waals surface area contributed by atoms with Crippen molar-refractivity contribution in [3.8, 4) is 0 Å². The molecule has 1 saturated carbocycles. The minimum absolute atomic E-state index is 0.175. The highest BCUT2D eigenvalue weighted by Gasteiger charge is 2.53. The summed E-state index contributed by atoms with van der Waals surface area (Å²) in [6, 6.07) is 9.06. The van der Waals surface area contributed by atoms with Crippen molar-refractivity contribution < 1.29 is 4.43 Å². The second-order valence-electron chi connectivity index (χ2n) is 10.7. The molecule has 0 aliphatic heterocycles. The second-order valence-corrected chi connectivity index (χ2v) is 20.6. The van der Waals surface area contributed by atoms with Gasteiger partial charge in [0.05, 0.1) is 6.10 Å². The molecule has 0 bridgehead atoms. The Kier molecular flexibility index (Phi) is 7.12. The molecule has 0 aromatic heterocycles. The van der Waals surface area contributed by atoms with Crippen LogP contribution >= 0.6 is 11.6 Å². The van der Waals surface area contributed by atoms with E-state index in [1.165, 1.54) is 24.8 Å². The third kappa shape index (κ3) is 5.27. The van der Waals surface area contributed by atoms with E-state index in [1.807, 2.05) is 0 Å². The minimum atomic E-state index is -1.66. The van der Waals surface area contributed by atoms with Crippen LogP contribution in [0.15, 0.2) is 24.3 Å². The van der Waals surface area contributed by atoms with E-state index in [9.17, 15) is 0 Å². The SMILES string of the molecule is CC(C)C(O[Si](C)(C)C)C(N(C)[Si](C)(C)C)C1(c2ccc(Cl)cc2)CCC1. The fraction of sp³-hybridized carbons (Fsp3) is 0.727. The molecular formula is C22H40ClNOSi2. The van der Waals surface area contributed by atoms with E-state index in [4.69, 9.17) is 16.0 Å². The zero-order valence-corrected chi connectivity index (χ0v) is 21.7. The van der Waals surface area contributed by atoms with Gasteiger partial charge in [0.15, 0.2) is 8.32 Å². The summed E-state index contributed by atoms with van der Waals surface area (Å²) in [5.41, 5.74) is 1.62. The van der Waals surface area contributed by atoms with E-state index in [2.05, 4.69) is 89.0 Å². The summed E-state index contributed by atoms with van der Waals surface area (Å²) in [4.78, 5) is 0. The smallest absolute Gasteiger partial charge is 0.184 e. The maximum atomic E-state index is 6.90. The topological polar surface area (TPSA) is 12.5 Å². The number of hydrogen-bond acceptors (Lipinski definition) is 2. The Balaban J connectivity index is 2.58. The molecule has 1 aliphatic rings. The molecular weight excluding hydrogens is 386 g/mol. The Morgan fingerprint density at radius 2 is 1.52 bits per heavy atom. The summed E-state index contributed by atoms with van der Waals surface area (Å²) in [5.74, 6) is 0.491. The maximum Gasteiger partial charge on any atom is 0.184 e. The summed E-state index contributed by atoms with van der Waals surface area (Å²) < 4.78 is 9.63. The number of halogens is 1. The van der Waals surface area contributed by atoms with Crippen LogP contribution in [0.1, 0.15) is 38.7 Å². The van der Waals surface area contributed by atoms with Gasteiger partial charge in [-0.1, -0.05) is 63.6 Å². The molecule has 2 nitrogen and oxygen atoms in total. The Morgan fingerprint density at radius 1 is 1.00 bits per heavy atom. The lowest BCUT2D eigenvalue weighted by Gasteiger charge is -2.58. The highest BCUT2D eigenvalue weighted by molar-refractivity contribution is 6.73. The molecule has 154 valence electrons. The van der Waals surface area contributed by atoms with Crippen molar-refractivity contribution in [3.63, 3.8) is 0 Å². The molecule has 27 heavy (non-hydrogen) atoms. The molecule has 0 N–H and O–H groups in total. The first-order chi connectivity index (χ1) is 12.3. The summed E-state index contributed by atoms with van der Waals surface area (Å²) >= 11 is 6.22. The predicted molar refractivity (Wildman–Crippen MR) is 125 cm³/mol. The van der Waals surface area contributed by atoms with E-state index in [1.54, 1.807) is 0 Å². The van der Waals surface area contributed by atoms with Crippen LogP contribution in [0.4, 0.5) is 0 Å². The van der Waals surface area contributed by atoms with Crippen LogP contribution in [-0.4, -0.2) is 40.3 Å². The van der Waals surface area contributed by atoms with Crippen molar-refractivity contribution >= 4 is 28.2 Å². The van der Waals surface area contributed by atoms with E-state index in [0.717, 1.165) is 5.02 Å². The number of hydrogen-bond donors (Lipinski definition) is 0. The van der Waals surface area contributed by atoms with E-state index in [-0.39, 0.29) is 11.5 Å². The first kappa shape index (κ1) is 23.1. The Hall–Kier alpha value is -0.136. The lowest BCUT2D eigenvalue weighted by atomic mass is 9.58. The van der Waals surface area contributed by atoms with Crippen molar-refractivity contribution in [2.45, 2.75) is 90.0 Å². The van der Waals surface area contributed by atoms with Crippen LogP contribution in [0.2, 0.25) is 44.3 Å². The van der Waals surface area contributed by atoms with Crippen LogP contribution in [-0.2, 0) is 9.84 Å². The normalized spacial score (nSPS) is 19.9. The van der Waals surface area contributed by atoms with Gasteiger partial charge in [0, 0.05) is 16.5 Å². The van der Waals surface area contributed by atoms with Crippen LogP contribution in [0.3, 0.4) is 0 Å². The predicted octanol–water partition coefficient (Wildman–Crippen LogP) is 6.77. The molecule has 1 aliphatic carbocycles. The van der Waals surface area contributed by atoms with Gasteiger partial charge in [-0.3, -0.25) is 0 Å². The molecule has 0 radical (unpaired) electrons. The van der Waals surface area contributed by atoms with Crippen molar-refractivity contribution in [1.29, 1.82) is 0 Å². The summed E-state index contributed by atoms with van der Waals surface area (Å²) in [7, 11) is -0.804. The van der Waals surface area contributed by atoms with Crippen molar-refractivity contribution in [1.82, 2.24) is 4.57 Å². The number of rotatable bonds is 8. The quantitative estimate of drug-likeness (QED) is 0.426. The summed E-state index contributed by atoms with van der Waals surface area (Å²) in [6.45, 7) is 19.0. The van der Waals surface area contributed by atoms with Gasteiger partial charge in [-0.2, -0.15) is 0 Å². The number of nitrogens with zero attached hydrogens (tertiary/aromatic N) is 1. The van der Waals surface area contributed by atoms with Crippen molar-refractivity contribution in [2.75, 3.05) is 7.05 Å². The first-order valence-corrected chi connectivity index (χ1v) is 17.7. The molecule has 5 heteroatoms. The molecule has 2 rings (SSSR count). The van der Waals surface area contributed by atoms with Gasteiger partial charge in [0.1, 0.15) is 8.24 Å². The third-order valence-corrected chi connectivity index (χ3v) is 9.79. The molecule has 2 unspecified atom stereocenters. The van der Waals surface area contributed by atoms with E-state index >= 15 is 0 Å². The molecule has 0 spiro atoms. The largest absolute Gasteiger partial charge is 0.413 e. The molecule has 0 saturated heterocycles. The standard InChI is InChI=1S/C22H40ClNOSi2/c1-17(2)20(25-27(7,8)9)21(24(3)26(4,5)6)22(15-10-16-22)18-11-13-19(23)14-12-18/h11-14,17,20-21H,10,15-16H2,1-9H3. The Labute approximate surface area is 174 Å². The fourth-order valence-electron chi connectivity index (χ4n) is 4.39. The maximum absolute atomic E-state index is 6.90. The molecule has 2 atom stereocenters. The van der Waals surface area contributed by atoms with E-state index in [0.29, 0.717) is 12.0 Å². The third-order valence-electron chi connectivity index (χ3n) is 6.16. The zero-order valence-electron chi connectivity index (χ0n) is 18.9. The average molecular weight is 426 g/mol. The molecule has 1 aromatic rings. The Bertz CT molecular complexity index is 615. The minimum Gasteiger partial charge on any atom is -0.413 e. The number of benzene rings is 1. The lowest BCUT2D eigenvalue weighted by Crippen LogP contribution is -2.66. The lowest BCUT2D eigenvalue weighted by molar-refractivity contribution is -0.00207. The van der Waals surface area contributed by atoms with Gasteiger partial charge >= 0.3 is 0 Å². The monoisotopic (exact) mass is 425 g/mol. The molecule has 1 aromatic carbocycles. The zero-order chi connectivity index (χ0) is 20.6. The summed E-state index contributed by atoms with van der Waals surface area (Å²) in [5, 5.41) is 0.821. The van der Waals surface area contributed by atoms with Gasteiger partial charge in [-0.15, -0.1) is 0 Å². The van der Waals surface area contributed by atoms with Gasteiger partial charge in [-0.25, -0.2) is 0 Å². The second kappa shape index (κ2) is 8.31. The molecule has 1 fully saturated rings. The highest BCUT2D eigenvalue weighted by atomic mass is 35.5. The first-order valence-electron chi connectivity index (χ1n) is 10.4. The number of likely N-dealkylation sites (N-methyl/N-ethyl adjacent to an activating group) is 1. The van der Waals surface area contributed by atoms with Gasteiger partial charge in [-0.05, 0) is 63.1 Å². The fourth-order valence-corrected chi connectivity index (χ4v) is 6.96. The van der Waals surface area contributed by atoms with Gasteiger partial charge < -0.3 is 8.99 Å². The van der Waals surface area contributed by atoms with E-state index < -0.39 is 16.6 Å². The summed E-state index contributed by atoms with van der Waals surface area (Å²) in [6.07, 6.45) is 4.04. The van der Waals surface area contributed by atoms with Crippen LogP contribution in [0, 0.1) is 5.92 Å². The van der Waals surface area contributed by atoms with Crippen LogP contribution in [0.5, 0.6) is 0 Å². The van der Waals surface area contributed by atoms with Crippen molar-refractivity contribution in [2.24, 2.45) is 5.92 Å². The average Bonchev–Trinajstić information content (AvgIpc) is 2.47. The van der Waals surface area contributed by atoms with Gasteiger partial charge in [0.2, 0.25) is 0 Å². The molecule has 0 heterocycles. The molecule has 0 amide bonds. The van der Waals surface area contributed by atoms with Crippen LogP contribution < -0.4 is 0 Å². The Morgan fingerprint density at radius 3 is 1.85 bits per heavy atom.